The van der Waals surface area contributed by atoms with Gasteiger partial charge in [-0.3, -0.25) is 4.79 Å². The first-order valence-electron chi connectivity index (χ1n) is 8.65. The number of aliphatic hydroxyl groups is 2. The molecule has 146 valence electrons. The Balaban J connectivity index is 2.00. The summed E-state index contributed by atoms with van der Waals surface area (Å²) < 4.78 is 15.7. The van der Waals surface area contributed by atoms with Crippen LogP contribution in [0.3, 0.4) is 0 Å². The highest BCUT2D eigenvalue weighted by atomic mass is 16.6. The molecule has 2 heterocycles. The Morgan fingerprint density at radius 1 is 1.22 bits per heavy atom. The number of ether oxygens (including phenoxy) is 3. The van der Waals surface area contributed by atoms with Gasteiger partial charge in [-0.05, 0) is 19.1 Å². The van der Waals surface area contributed by atoms with E-state index in [1.54, 1.807) is 13.0 Å². The number of hydrogen-bond acceptors (Lipinski definition) is 8. The van der Waals surface area contributed by atoms with Gasteiger partial charge in [0.2, 0.25) is 0 Å². The molecule has 5 atom stereocenters. The summed E-state index contributed by atoms with van der Waals surface area (Å²) in [6.45, 7) is 1.64. The fourth-order valence-electron chi connectivity index (χ4n) is 3.10. The van der Waals surface area contributed by atoms with Crippen LogP contribution in [0.5, 0.6) is 11.5 Å². The van der Waals surface area contributed by atoms with Crippen molar-refractivity contribution < 1.29 is 39.1 Å². The van der Waals surface area contributed by atoms with Crippen molar-refractivity contribution in [1.29, 1.82) is 0 Å². The first-order valence-corrected chi connectivity index (χ1v) is 8.65. The Kier molecular flexibility index (Phi) is 5.50. The van der Waals surface area contributed by atoms with E-state index in [4.69, 9.17) is 14.2 Å². The zero-order valence-electron chi connectivity index (χ0n) is 15.0. The number of methoxy groups -OCH3 is 1. The van der Waals surface area contributed by atoms with Crippen LogP contribution < -0.4 is 4.74 Å². The number of benzene rings is 1. The van der Waals surface area contributed by atoms with Crippen LogP contribution in [0.1, 0.15) is 41.8 Å². The number of phenolic OH excluding ortho intramolecular Hbond substituents is 1. The molecule has 3 rings (SSSR count). The topological polar surface area (TPSA) is 126 Å². The zero-order valence-corrected chi connectivity index (χ0v) is 15.0. The number of epoxide rings is 1. The van der Waals surface area contributed by atoms with Crippen molar-refractivity contribution in [3.63, 3.8) is 0 Å². The van der Waals surface area contributed by atoms with Crippen molar-refractivity contribution in [2.45, 2.75) is 50.3 Å². The summed E-state index contributed by atoms with van der Waals surface area (Å²) >= 11 is 0. The molecule has 0 aromatic heterocycles. The highest BCUT2D eigenvalue weighted by Gasteiger charge is 2.45. The minimum absolute atomic E-state index is 0.00568. The maximum atomic E-state index is 12.6. The van der Waals surface area contributed by atoms with Crippen molar-refractivity contribution in [2.75, 3.05) is 7.11 Å². The van der Waals surface area contributed by atoms with E-state index in [1.165, 1.54) is 25.3 Å². The molecular weight excluding hydrogens is 356 g/mol. The number of aromatic hydroxyl groups is 1. The highest BCUT2D eigenvalue weighted by Crippen LogP contribution is 2.37. The number of aliphatic hydroxyl groups excluding tert-OH is 2. The SMILES string of the molecule is COc1cc(O)c2c(c1)[C@@H](O)[C@@H](O)C[C@@H]1O[C@@H]1C(=O)/C=C\C[C@@H](C)OC2=O. The lowest BCUT2D eigenvalue weighted by Crippen LogP contribution is -2.25. The summed E-state index contributed by atoms with van der Waals surface area (Å²) in [5.74, 6) is -1.30. The van der Waals surface area contributed by atoms with Crippen molar-refractivity contribution in [1.82, 2.24) is 0 Å². The van der Waals surface area contributed by atoms with Gasteiger partial charge in [0.25, 0.3) is 0 Å². The summed E-state index contributed by atoms with van der Waals surface area (Å²) in [4.78, 5) is 24.6. The van der Waals surface area contributed by atoms with E-state index < -0.39 is 42.2 Å². The summed E-state index contributed by atoms with van der Waals surface area (Å²) in [6, 6.07) is 2.59. The molecule has 8 nitrogen and oxygen atoms in total. The number of fused-ring (bicyclic) bond motifs is 2. The standard InChI is InChI=1S/C19H22O8/c1-9-4-3-5-12(20)18-15(27-18)8-14(22)17(23)11-6-10(25-2)7-13(21)16(11)19(24)26-9/h3,5-7,9,14-15,17-18,21-23H,4,8H2,1-2H3/b5-3-/t9-,14+,15+,17-,18-/m1/s1. The van der Waals surface area contributed by atoms with E-state index in [0.29, 0.717) is 6.42 Å². The number of phenols is 1. The zero-order chi connectivity index (χ0) is 19.7. The molecule has 0 bridgehead atoms. The Morgan fingerprint density at radius 3 is 2.67 bits per heavy atom. The number of carbonyl (C=O) groups excluding carboxylic acids is 2. The molecule has 0 unspecified atom stereocenters. The molecule has 1 aromatic rings. The Hall–Kier alpha value is -2.42. The lowest BCUT2D eigenvalue weighted by molar-refractivity contribution is -0.115. The number of hydrogen-bond donors (Lipinski definition) is 3. The Bertz CT molecular complexity index is 771. The molecule has 1 saturated heterocycles. The Morgan fingerprint density at radius 2 is 1.96 bits per heavy atom. The molecule has 2 aliphatic heterocycles. The van der Waals surface area contributed by atoms with Crippen LogP contribution in [-0.2, 0) is 14.3 Å². The fraction of sp³-hybridized carbons (Fsp3) is 0.474. The van der Waals surface area contributed by atoms with Gasteiger partial charge in [0.15, 0.2) is 5.78 Å². The lowest BCUT2D eigenvalue weighted by Gasteiger charge is -2.22. The van der Waals surface area contributed by atoms with Crippen LogP contribution in [0.25, 0.3) is 0 Å². The largest absolute Gasteiger partial charge is 0.507 e. The van der Waals surface area contributed by atoms with Gasteiger partial charge in [0.1, 0.15) is 35.4 Å². The molecule has 0 saturated carbocycles. The van der Waals surface area contributed by atoms with Gasteiger partial charge in [-0.1, -0.05) is 6.08 Å². The number of rotatable bonds is 1. The summed E-state index contributed by atoms with van der Waals surface area (Å²) in [5, 5.41) is 31.2. The number of ketones is 1. The Labute approximate surface area is 156 Å². The summed E-state index contributed by atoms with van der Waals surface area (Å²) in [5.41, 5.74) is -0.257. The summed E-state index contributed by atoms with van der Waals surface area (Å²) in [6.07, 6.45) is -1.33. The first-order chi connectivity index (χ1) is 12.8. The highest BCUT2D eigenvalue weighted by molar-refractivity contribution is 5.96. The van der Waals surface area contributed by atoms with E-state index in [9.17, 15) is 24.9 Å². The first kappa shape index (κ1) is 19.3. The monoisotopic (exact) mass is 378 g/mol. The van der Waals surface area contributed by atoms with Gasteiger partial charge in [-0.2, -0.15) is 0 Å². The number of cyclic esters (lactones) is 1. The van der Waals surface area contributed by atoms with Crippen molar-refractivity contribution in [3.8, 4) is 11.5 Å². The average molecular weight is 378 g/mol. The molecular formula is C19H22O8. The normalized spacial score (nSPS) is 32.5. The van der Waals surface area contributed by atoms with Crippen LogP contribution >= 0.6 is 0 Å². The maximum Gasteiger partial charge on any atom is 0.342 e. The third-order valence-electron chi connectivity index (χ3n) is 4.64. The number of carbonyl (C=O) groups is 2. The van der Waals surface area contributed by atoms with E-state index in [2.05, 4.69) is 0 Å². The molecule has 0 radical (unpaired) electrons. The minimum Gasteiger partial charge on any atom is -0.507 e. The molecule has 3 N–H and O–H groups in total. The smallest absolute Gasteiger partial charge is 0.342 e. The molecule has 0 aliphatic carbocycles. The van der Waals surface area contributed by atoms with Crippen molar-refractivity contribution in [3.05, 3.63) is 35.4 Å². The van der Waals surface area contributed by atoms with Crippen LogP contribution in [0, 0.1) is 0 Å². The lowest BCUT2D eigenvalue weighted by atomic mass is 9.94. The van der Waals surface area contributed by atoms with Gasteiger partial charge in [0.05, 0.1) is 19.3 Å². The van der Waals surface area contributed by atoms with Gasteiger partial charge < -0.3 is 29.5 Å². The molecule has 0 spiro atoms. The number of esters is 1. The van der Waals surface area contributed by atoms with Crippen LogP contribution in [0.2, 0.25) is 0 Å². The average Bonchev–Trinajstić information content (AvgIpc) is 3.38. The van der Waals surface area contributed by atoms with Crippen molar-refractivity contribution >= 4 is 11.8 Å². The molecule has 2 aliphatic rings. The van der Waals surface area contributed by atoms with Gasteiger partial charge >= 0.3 is 5.97 Å². The van der Waals surface area contributed by atoms with Crippen molar-refractivity contribution in [2.24, 2.45) is 0 Å². The van der Waals surface area contributed by atoms with Gasteiger partial charge in [-0.25, -0.2) is 4.79 Å². The third kappa shape index (κ3) is 4.13. The fourth-order valence-corrected chi connectivity index (χ4v) is 3.10. The van der Waals surface area contributed by atoms with Crippen LogP contribution in [-0.4, -0.2) is 58.6 Å². The predicted octanol–water partition coefficient (Wildman–Crippen LogP) is 1.03. The summed E-state index contributed by atoms with van der Waals surface area (Å²) in [7, 11) is 1.37. The molecule has 27 heavy (non-hydrogen) atoms. The van der Waals surface area contributed by atoms with Crippen LogP contribution in [0.4, 0.5) is 0 Å². The molecule has 8 heteroatoms. The van der Waals surface area contributed by atoms with E-state index in [1.807, 2.05) is 0 Å². The second kappa shape index (κ2) is 7.67. The second-order valence-electron chi connectivity index (χ2n) is 6.71. The van der Waals surface area contributed by atoms with E-state index in [-0.39, 0.29) is 29.1 Å². The predicted molar refractivity (Wildman–Crippen MR) is 92.5 cm³/mol. The van der Waals surface area contributed by atoms with Gasteiger partial charge in [0, 0.05) is 24.5 Å². The van der Waals surface area contributed by atoms with E-state index >= 15 is 0 Å². The van der Waals surface area contributed by atoms with E-state index in [0.717, 1.165) is 0 Å². The maximum absolute atomic E-state index is 12.6. The second-order valence-corrected chi connectivity index (χ2v) is 6.71. The molecule has 1 aromatic carbocycles. The third-order valence-corrected chi connectivity index (χ3v) is 4.64. The minimum atomic E-state index is -1.51. The quantitative estimate of drug-likeness (QED) is 0.489. The molecule has 0 amide bonds. The van der Waals surface area contributed by atoms with Gasteiger partial charge in [-0.15, -0.1) is 0 Å². The van der Waals surface area contributed by atoms with Crippen LogP contribution in [0.15, 0.2) is 24.3 Å². The molecule has 1 fully saturated rings.